The summed E-state index contributed by atoms with van der Waals surface area (Å²) in [5.41, 5.74) is 5.91. The Morgan fingerprint density at radius 2 is 2.03 bits per heavy atom. The Labute approximate surface area is 166 Å². The maximum Gasteiger partial charge on any atom is 0.251 e. The fourth-order valence-electron chi connectivity index (χ4n) is 5.04. The largest absolute Gasteiger partial charge is 0.350 e. The summed E-state index contributed by atoms with van der Waals surface area (Å²) >= 11 is 0. The maximum absolute atomic E-state index is 13.0. The minimum Gasteiger partial charge on any atom is -0.350 e. The van der Waals surface area contributed by atoms with Gasteiger partial charge in [0.1, 0.15) is 5.65 Å². The van der Waals surface area contributed by atoms with Crippen LogP contribution < -0.4 is 10.9 Å². The molecule has 5 heterocycles. The molecule has 1 atom stereocenters. The zero-order valence-electron chi connectivity index (χ0n) is 15.9. The quantitative estimate of drug-likeness (QED) is 0.549. The van der Waals surface area contributed by atoms with Crippen LogP contribution in [0.15, 0.2) is 53.5 Å². The van der Waals surface area contributed by atoms with Crippen molar-refractivity contribution in [2.45, 2.75) is 38.3 Å². The number of carbonyl (C=O) groups is 1. The molecule has 4 aromatic rings. The summed E-state index contributed by atoms with van der Waals surface area (Å²) < 4.78 is 3.96. The van der Waals surface area contributed by atoms with Crippen LogP contribution in [0.2, 0.25) is 0 Å². The van der Waals surface area contributed by atoms with Crippen molar-refractivity contribution in [3.05, 3.63) is 81.5 Å². The standard InChI is InChI=1S/C23H20N4O2/c28-20-11-17(23-18(13-24-20)25-19-8-1-2-9-26(19)23)16-12-21(29)27-10-4-6-14-5-3-7-15(16)22(14)27/h1-3,5,7-9,12,17H,4,6,10-11,13H2,(H,24,28)/t17-/m0/s1. The zero-order valence-corrected chi connectivity index (χ0v) is 15.9. The van der Waals surface area contributed by atoms with Crippen LogP contribution in [-0.4, -0.2) is 19.9 Å². The van der Waals surface area contributed by atoms with E-state index in [9.17, 15) is 9.59 Å². The number of nitrogens with one attached hydrogen (secondary N) is 1. The van der Waals surface area contributed by atoms with Crippen LogP contribution in [0.4, 0.5) is 0 Å². The molecule has 3 aromatic heterocycles. The molecule has 29 heavy (non-hydrogen) atoms. The van der Waals surface area contributed by atoms with Gasteiger partial charge in [0.05, 0.1) is 23.4 Å². The number of imidazole rings is 1. The average Bonchev–Trinajstić information content (AvgIpc) is 3.03. The van der Waals surface area contributed by atoms with E-state index in [1.165, 1.54) is 5.56 Å². The van der Waals surface area contributed by atoms with Gasteiger partial charge < -0.3 is 14.3 Å². The highest BCUT2D eigenvalue weighted by Gasteiger charge is 2.31. The number of hydrogen-bond donors (Lipinski definition) is 1. The first-order valence-electron chi connectivity index (χ1n) is 10.1. The van der Waals surface area contributed by atoms with Crippen LogP contribution in [0, 0.1) is 0 Å². The summed E-state index contributed by atoms with van der Waals surface area (Å²) in [4.78, 5) is 30.3. The number of aryl methyl sites for hydroxylation is 2. The summed E-state index contributed by atoms with van der Waals surface area (Å²) in [5, 5.41) is 4.04. The summed E-state index contributed by atoms with van der Waals surface area (Å²) in [6.07, 6.45) is 4.25. The van der Waals surface area contributed by atoms with Gasteiger partial charge in [-0.05, 0) is 36.1 Å². The van der Waals surface area contributed by atoms with Gasteiger partial charge in [-0.3, -0.25) is 9.59 Å². The molecule has 0 radical (unpaired) electrons. The molecule has 0 unspecified atom stereocenters. The lowest BCUT2D eigenvalue weighted by Crippen LogP contribution is -2.26. The molecule has 1 amide bonds. The number of amides is 1. The summed E-state index contributed by atoms with van der Waals surface area (Å²) in [5.74, 6) is -0.234. The predicted octanol–water partition coefficient (Wildman–Crippen LogP) is 2.75. The van der Waals surface area contributed by atoms with E-state index in [0.29, 0.717) is 13.0 Å². The van der Waals surface area contributed by atoms with E-state index in [0.717, 1.165) is 52.9 Å². The Balaban J connectivity index is 1.69. The van der Waals surface area contributed by atoms with E-state index in [1.807, 2.05) is 29.0 Å². The van der Waals surface area contributed by atoms with Crippen molar-refractivity contribution in [3.63, 3.8) is 0 Å². The molecular weight excluding hydrogens is 364 g/mol. The van der Waals surface area contributed by atoms with Crippen molar-refractivity contribution in [2.75, 3.05) is 0 Å². The van der Waals surface area contributed by atoms with Gasteiger partial charge in [-0.1, -0.05) is 24.3 Å². The Kier molecular flexibility index (Phi) is 3.45. The van der Waals surface area contributed by atoms with Crippen LogP contribution in [0.1, 0.15) is 41.3 Å². The number of pyridine rings is 2. The van der Waals surface area contributed by atoms with E-state index >= 15 is 0 Å². The molecule has 6 nitrogen and oxygen atoms in total. The van der Waals surface area contributed by atoms with Crippen molar-refractivity contribution in [1.82, 2.24) is 19.3 Å². The first-order valence-corrected chi connectivity index (χ1v) is 10.1. The van der Waals surface area contributed by atoms with Crippen molar-refractivity contribution in [2.24, 2.45) is 0 Å². The van der Waals surface area contributed by atoms with Gasteiger partial charge in [-0.15, -0.1) is 0 Å². The van der Waals surface area contributed by atoms with E-state index in [4.69, 9.17) is 4.98 Å². The fraction of sp³-hybridized carbons (Fsp3) is 0.261. The molecule has 0 saturated heterocycles. The van der Waals surface area contributed by atoms with Gasteiger partial charge in [0.2, 0.25) is 5.91 Å². The van der Waals surface area contributed by atoms with Gasteiger partial charge in [0.15, 0.2) is 0 Å². The Hall–Kier alpha value is -3.41. The third kappa shape index (κ3) is 2.38. The number of para-hydroxylation sites is 1. The lowest BCUT2D eigenvalue weighted by molar-refractivity contribution is -0.121. The summed E-state index contributed by atoms with van der Waals surface area (Å²) in [7, 11) is 0. The first-order chi connectivity index (χ1) is 14.2. The zero-order chi connectivity index (χ0) is 19.5. The molecule has 0 fully saturated rings. The van der Waals surface area contributed by atoms with E-state index < -0.39 is 0 Å². The topological polar surface area (TPSA) is 68.4 Å². The van der Waals surface area contributed by atoms with Crippen LogP contribution >= 0.6 is 0 Å². The highest BCUT2D eigenvalue weighted by atomic mass is 16.1. The number of fused-ring (bicyclic) bond motifs is 3. The minimum atomic E-state index is -0.218. The number of rotatable bonds is 1. The molecule has 0 spiro atoms. The monoisotopic (exact) mass is 384 g/mol. The molecule has 1 N–H and O–H groups in total. The van der Waals surface area contributed by atoms with Crippen LogP contribution in [0.25, 0.3) is 16.6 Å². The molecule has 0 saturated carbocycles. The molecule has 6 rings (SSSR count). The van der Waals surface area contributed by atoms with Crippen LogP contribution in [-0.2, 0) is 24.3 Å². The number of carbonyl (C=O) groups excluding carboxylic acids is 1. The molecule has 2 aliphatic rings. The highest BCUT2D eigenvalue weighted by molar-refractivity contribution is 5.88. The lowest BCUT2D eigenvalue weighted by atomic mass is 9.87. The Morgan fingerprint density at radius 3 is 2.97 bits per heavy atom. The average molecular weight is 384 g/mol. The van der Waals surface area contributed by atoms with Gasteiger partial charge in [0, 0.05) is 36.5 Å². The molecule has 2 aliphatic heterocycles. The minimum absolute atomic E-state index is 0.0136. The molecule has 0 aliphatic carbocycles. The van der Waals surface area contributed by atoms with Gasteiger partial charge in [0.25, 0.3) is 5.56 Å². The smallest absolute Gasteiger partial charge is 0.251 e. The van der Waals surface area contributed by atoms with Crippen molar-refractivity contribution in [3.8, 4) is 0 Å². The van der Waals surface area contributed by atoms with Crippen molar-refractivity contribution < 1.29 is 4.79 Å². The SMILES string of the molecule is O=C1C[C@@H](c2cc(=O)n3c4c(cccc24)CCC3)c2c(nc3ccccn23)CN1. The summed E-state index contributed by atoms with van der Waals surface area (Å²) in [6.45, 7) is 1.16. The number of benzene rings is 1. The van der Waals surface area contributed by atoms with E-state index in [-0.39, 0.29) is 17.4 Å². The number of nitrogens with zero attached hydrogens (tertiary/aromatic N) is 3. The second-order valence-corrected chi connectivity index (χ2v) is 7.91. The number of hydrogen-bond acceptors (Lipinski definition) is 3. The Morgan fingerprint density at radius 1 is 1.10 bits per heavy atom. The molecular formula is C23H20N4O2. The fourth-order valence-corrected chi connectivity index (χ4v) is 5.04. The first kappa shape index (κ1) is 16.5. The van der Waals surface area contributed by atoms with E-state index in [1.54, 1.807) is 6.07 Å². The van der Waals surface area contributed by atoms with Gasteiger partial charge >= 0.3 is 0 Å². The second-order valence-electron chi connectivity index (χ2n) is 7.91. The van der Waals surface area contributed by atoms with Crippen molar-refractivity contribution >= 4 is 22.5 Å². The molecule has 1 aromatic carbocycles. The van der Waals surface area contributed by atoms with E-state index in [2.05, 4.69) is 27.9 Å². The van der Waals surface area contributed by atoms with Crippen LogP contribution in [0.5, 0.6) is 0 Å². The maximum atomic E-state index is 13.0. The molecule has 144 valence electrons. The lowest BCUT2D eigenvalue weighted by Gasteiger charge is -2.24. The van der Waals surface area contributed by atoms with Gasteiger partial charge in [-0.25, -0.2) is 4.98 Å². The predicted molar refractivity (Wildman–Crippen MR) is 110 cm³/mol. The normalized spacial score (nSPS) is 18.5. The third-order valence-electron chi connectivity index (χ3n) is 6.26. The van der Waals surface area contributed by atoms with Gasteiger partial charge in [-0.2, -0.15) is 0 Å². The third-order valence-corrected chi connectivity index (χ3v) is 6.26. The van der Waals surface area contributed by atoms with Crippen molar-refractivity contribution in [1.29, 1.82) is 0 Å². The Bertz CT molecular complexity index is 1360. The second kappa shape index (κ2) is 6.04. The molecule has 0 bridgehead atoms. The highest BCUT2D eigenvalue weighted by Crippen LogP contribution is 2.37. The number of aromatic nitrogens is 3. The summed E-state index contributed by atoms with van der Waals surface area (Å²) in [6, 6.07) is 13.9. The van der Waals surface area contributed by atoms with Crippen LogP contribution in [0.3, 0.4) is 0 Å². The molecule has 6 heteroatoms.